The molecule has 0 spiro atoms. The van der Waals surface area contributed by atoms with Crippen LogP contribution in [0.3, 0.4) is 0 Å². The van der Waals surface area contributed by atoms with Crippen molar-refractivity contribution in [2.45, 2.75) is 12.2 Å². The molecule has 14 heavy (non-hydrogen) atoms. The lowest BCUT2D eigenvalue weighted by Crippen LogP contribution is -2.28. The molecule has 0 saturated heterocycles. The van der Waals surface area contributed by atoms with Gasteiger partial charge in [0.05, 0.1) is 7.11 Å². The van der Waals surface area contributed by atoms with Crippen LogP contribution in [0, 0.1) is 0 Å². The maximum Gasteiger partial charge on any atom is 0.337 e. The van der Waals surface area contributed by atoms with Crippen LogP contribution in [0.15, 0.2) is 30.3 Å². The van der Waals surface area contributed by atoms with Crippen LogP contribution < -0.4 is 0 Å². The Hall–Kier alpha value is -1.39. The summed E-state index contributed by atoms with van der Waals surface area (Å²) in [5.41, 5.74) is 0.477. The summed E-state index contributed by atoms with van der Waals surface area (Å²) in [5.74, 6) is -0.846. The number of esters is 1. The highest BCUT2D eigenvalue weighted by Gasteiger charge is 2.25. The SMILES string of the molecule is COC(=O)[C@@H](O)[C@H](O)c1ccccc1. The van der Waals surface area contributed by atoms with Crippen LogP contribution in [0.1, 0.15) is 11.7 Å². The van der Waals surface area contributed by atoms with Crippen LogP contribution in [0.25, 0.3) is 0 Å². The van der Waals surface area contributed by atoms with E-state index in [-0.39, 0.29) is 0 Å². The Morgan fingerprint density at radius 1 is 1.29 bits per heavy atom. The first-order valence-corrected chi connectivity index (χ1v) is 4.15. The van der Waals surface area contributed by atoms with Crippen molar-refractivity contribution in [1.82, 2.24) is 0 Å². The van der Waals surface area contributed by atoms with E-state index in [1.54, 1.807) is 30.3 Å². The Kier molecular flexibility index (Phi) is 3.62. The molecule has 0 heterocycles. The molecule has 0 aromatic heterocycles. The van der Waals surface area contributed by atoms with Gasteiger partial charge in [-0.05, 0) is 5.56 Å². The molecule has 4 nitrogen and oxygen atoms in total. The zero-order chi connectivity index (χ0) is 10.6. The van der Waals surface area contributed by atoms with Crippen LogP contribution in [0.4, 0.5) is 0 Å². The van der Waals surface area contributed by atoms with Crippen molar-refractivity contribution < 1.29 is 19.7 Å². The number of carbonyl (C=O) groups excluding carboxylic acids is 1. The Morgan fingerprint density at radius 2 is 1.86 bits per heavy atom. The standard InChI is InChI=1S/C10H12O4/c1-14-10(13)9(12)8(11)7-5-3-2-4-6-7/h2-6,8-9,11-12H,1H3/t8-,9+/m1/s1. The number of rotatable bonds is 3. The molecule has 1 aromatic rings. The van der Waals surface area contributed by atoms with Gasteiger partial charge in [0.1, 0.15) is 6.10 Å². The van der Waals surface area contributed by atoms with Crippen molar-refractivity contribution >= 4 is 5.97 Å². The van der Waals surface area contributed by atoms with Gasteiger partial charge in [0.2, 0.25) is 0 Å². The fourth-order valence-electron chi connectivity index (χ4n) is 1.08. The first-order chi connectivity index (χ1) is 6.66. The normalized spacial score (nSPS) is 14.5. The maximum atomic E-state index is 10.9. The molecule has 0 aliphatic carbocycles. The number of hydrogen-bond donors (Lipinski definition) is 2. The van der Waals surface area contributed by atoms with Crippen LogP contribution in [0.5, 0.6) is 0 Å². The summed E-state index contributed by atoms with van der Waals surface area (Å²) in [5, 5.41) is 18.9. The van der Waals surface area contributed by atoms with Gasteiger partial charge in [-0.3, -0.25) is 0 Å². The van der Waals surface area contributed by atoms with Crippen molar-refractivity contribution in [3.05, 3.63) is 35.9 Å². The molecule has 0 radical (unpaired) electrons. The summed E-state index contributed by atoms with van der Waals surface area (Å²) in [4.78, 5) is 10.9. The Balaban J connectivity index is 2.75. The highest BCUT2D eigenvalue weighted by Crippen LogP contribution is 2.16. The summed E-state index contributed by atoms with van der Waals surface area (Å²) < 4.78 is 4.31. The number of hydrogen-bond acceptors (Lipinski definition) is 4. The van der Waals surface area contributed by atoms with Crippen LogP contribution >= 0.6 is 0 Å². The third kappa shape index (κ3) is 2.31. The summed E-state index contributed by atoms with van der Waals surface area (Å²) in [7, 11) is 1.16. The first-order valence-electron chi connectivity index (χ1n) is 4.15. The number of ether oxygens (including phenoxy) is 1. The topological polar surface area (TPSA) is 66.8 Å². The second-order valence-electron chi connectivity index (χ2n) is 2.82. The lowest BCUT2D eigenvalue weighted by atomic mass is 10.1. The van der Waals surface area contributed by atoms with E-state index >= 15 is 0 Å². The number of benzene rings is 1. The van der Waals surface area contributed by atoms with Gasteiger partial charge in [0.15, 0.2) is 6.10 Å². The smallest absolute Gasteiger partial charge is 0.337 e. The Bertz CT molecular complexity index is 296. The van der Waals surface area contributed by atoms with E-state index in [1.165, 1.54) is 0 Å². The highest BCUT2D eigenvalue weighted by molar-refractivity contribution is 5.75. The predicted molar refractivity (Wildman–Crippen MR) is 49.4 cm³/mol. The van der Waals surface area contributed by atoms with E-state index < -0.39 is 18.2 Å². The van der Waals surface area contributed by atoms with Gasteiger partial charge in [-0.25, -0.2) is 4.79 Å². The molecule has 0 saturated carbocycles. The number of methoxy groups -OCH3 is 1. The highest BCUT2D eigenvalue weighted by atomic mass is 16.5. The monoisotopic (exact) mass is 196 g/mol. The van der Waals surface area contributed by atoms with Gasteiger partial charge in [0.25, 0.3) is 0 Å². The number of aliphatic hydroxyl groups is 2. The maximum absolute atomic E-state index is 10.9. The Labute approximate surface area is 81.8 Å². The number of carbonyl (C=O) groups is 1. The second-order valence-corrected chi connectivity index (χ2v) is 2.82. The fourth-order valence-corrected chi connectivity index (χ4v) is 1.08. The van der Waals surface area contributed by atoms with Crippen LogP contribution in [-0.4, -0.2) is 29.4 Å². The molecule has 2 N–H and O–H groups in total. The minimum absolute atomic E-state index is 0.477. The van der Waals surface area contributed by atoms with Crippen molar-refractivity contribution in [3.8, 4) is 0 Å². The zero-order valence-electron chi connectivity index (χ0n) is 7.75. The van der Waals surface area contributed by atoms with Crippen LogP contribution in [0.2, 0.25) is 0 Å². The summed E-state index contributed by atoms with van der Waals surface area (Å²) in [6, 6.07) is 8.44. The van der Waals surface area contributed by atoms with Crippen molar-refractivity contribution in [2.75, 3.05) is 7.11 Å². The van der Waals surface area contributed by atoms with Gasteiger partial charge in [-0.1, -0.05) is 30.3 Å². The summed E-state index contributed by atoms with van der Waals surface area (Å²) in [6.45, 7) is 0. The molecule has 0 bridgehead atoms. The van der Waals surface area contributed by atoms with Crippen molar-refractivity contribution in [1.29, 1.82) is 0 Å². The lowest BCUT2D eigenvalue weighted by molar-refractivity contribution is -0.156. The van der Waals surface area contributed by atoms with E-state index in [0.29, 0.717) is 5.56 Å². The van der Waals surface area contributed by atoms with Gasteiger partial charge >= 0.3 is 5.97 Å². The summed E-state index contributed by atoms with van der Waals surface area (Å²) in [6.07, 6.45) is -2.79. The van der Waals surface area contributed by atoms with Gasteiger partial charge in [0, 0.05) is 0 Å². The average Bonchev–Trinajstić information content (AvgIpc) is 2.27. The van der Waals surface area contributed by atoms with Gasteiger partial charge < -0.3 is 14.9 Å². The minimum Gasteiger partial charge on any atom is -0.467 e. The molecule has 0 unspecified atom stereocenters. The third-order valence-corrected chi connectivity index (χ3v) is 1.88. The molecule has 2 atom stereocenters. The second kappa shape index (κ2) is 4.74. The predicted octanol–water partition coefficient (Wildman–Crippen LogP) is 0.254. The molecular weight excluding hydrogens is 184 g/mol. The molecule has 1 rings (SSSR count). The fraction of sp³-hybridized carbons (Fsp3) is 0.300. The van der Waals surface area contributed by atoms with E-state index in [4.69, 9.17) is 0 Å². The lowest BCUT2D eigenvalue weighted by Gasteiger charge is -2.15. The zero-order valence-corrected chi connectivity index (χ0v) is 7.75. The van der Waals surface area contributed by atoms with Crippen molar-refractivity contribution in [2.24, 2.45) is 0 Å². The van der Waals surface area contributed by atoms with Gasteiger partial charge in [-0.15, -0.1) is 0 Å². The van der Waals surface area contributed by atoms with Gasteiger partial charge in [-0.2, -0.15) is 0 Å². The molecule has 0 fully saturated rings. The quantitative estimate of drug-likeness (QED) is 0.680. The number of aliphatic hydroxyl groups excluding tert-OH is 2. The molecular formula is C10H12O4. The average molecular weight is 196 g/mol. The molecule has 4 heteroatoms. The van der Waals surface area contributed by atoms with E-state index in [2.05, 4.69) is 4.74 Å². The minimum atomic E-state index is -1.54. The molecule has 76 valence electrons. The van der Waals surface area contributed by atoms with E-state index in [1.807, 2.05) is 0 Å². The first kappa shape index (κ1) is 10.7. The van der Waals surface area contributed by atoms with E-state index in [0.717, 1.165) is 7.11 Å². The molecule has 0 aliphatic rings. The summed E-state index contributed by atoms with van der Waals surface area (Å²) >= 11 is 0. The largest absolute Gasteiger partial charge is 0.467 e. The van der Waals surface area contributed by atoms with Crippen molar-refractivity contribution in [3.63, 3.8) is 0 Å². The Morgan fingerprint density at radius 3 is 2.36 bits per heavy atom. The molecule has 0 amide bonds. The van der Waals surface area contributed by atoms with Crippen LogP contribution in [-0.2, 0) is 9.53 Å². The molecule has 0 aliphatic heterocycles. The molecule has 1 aromatic carbocycles. The van der Waals surface area contributed by atoms with E-state index in [9.17, 15) is 15.0 Å². The third-order valence-electron chi connectivity index (χ3n) is 1.88.